The highest BCUT2D eigenvalue weighted by atomic mass is 32.1. The number of hydrogen-bond acceptors (Lipinski definition) is 7. The first-order valence-electron chi connectivity index (χ1n) is 10.3. The summed E-state index contributed by atoms with van der Waals surface area (Å²) in [4.78, 5) is 24.0. The summed E-state index contributed by atoms with van der Waals surface area (Å²) in [5.74, 6) is 2.59. The SMILES string of the molecule is O=C(c1cscn1)N1CCCC(CC2CC2)(c2noc(C3CCOCC3)n2)C1. The lowest BCUT2D eigenvalue weighted by atomic mass is 9.74. The molecule has 1 aliphatic carbocycles. The van der Waals surface area contributed by atoms with Gasteiger partial charge in [-0.1, -0.05) is 18.0 Å². The third kappa shape index (κ3) is 3.59. The highest BCUT2D eigenvalue weighted by Crippen LogP contribution is 2.46. The quantitative estimate of drug-likeness (QED) is 0.762. The number of carbonyl (C=O) groups is 1. The molecule has 0 N–H and O–H groups in total. The summed E-state index contributed by atoms with van der Waals surface area (Å²) in [6.07, 6.45) is 7.43. The molecule has 1 saturated carbocycles. The fourth-order valence-electron chi connectivity index (χ4n) is 4.66. The topological polar surface area (TPSA) is 81.4 Å². The maximum atomic E-state index is 12.9. The van der Waals surface area contributed by atoms with E-state index in [4.69, 9.17) is 14.2 Å². The number of hydrogen-bond donors (Lipinski definition) is 0. The first-order valence-corrected chi connectivity index (χ1v) is 11.3. The second kappa shape index (κ2) is 7.55. The predicted molar refractivity (Wildman–Crippen MR) is 103 cm³/mol. The summed E-state index contributed by atoms with van der Waals surface area (Å²) in [6.45, 7) is 2.94. The van der Waals surface area contributed by atoms with Crippen LogP contribution in [0.3, 0.4) is 0 Å². The summed E-state index contributed by atoms with van der Waals surface area (Å²) < 4.78 is 11.2. The Hall–Kier alpha value is -1.80. The second-order valence-corrected chi connectivity index (χ2v) is 9.19. The molecule has 0 radical (unpaired) electrons. The fourth-order valence-corrected chi connectivity index (χ4v) is 5.19. The highest BCUT2D eigenvalue weighted by Gasteiger charge is 2.46. The van der Waals surface area contributed by atoms with Gasteiger partial charge in [0.05, 0.1) is 10.9 Å². The predicted octanol–water partition coefficient (Wildman–Crippen LogP) is 3.39. The Bertz CT molecular complexity index is 813. The van der Waals surface area contributed by atoms with Crippen molar-refractivity contribution in [1.29, 1.82) is 0 Å². The lowest BCUT2D eigenvalue weighted by Gasteiger charge is -2.41. The van der Waals surface area contributed by atoms with Crippen molar-refractivity contribution in [2.75, 3.05) is 26.3 Å². The lowest BCUT2D eigenvalue weighted by molar-refractivity contribution is 0.0602. The molecular weight excluding hydrogens is 376 g/mol. The van der Waals surface area contributed by atoms with Gasteiger partial charge in [-0.05, 0) is 38.0 Å². The molecule has 5 rings (SSSR count). The molecule has 0 aromatic carbocycles. The highest BCUT2D eigenvalue weighted by molar-refractivity contribution is 7.07. The summed E-state index contributed by atoms with van der Waals surface area (Å²) in [5, 5.41) is 6.28. The van der Waals surface area contributed by atoms with E-state index >= 15 is 0 Å². The van der Waals surface area contributed by atoms with Crippen LogP contribution in [-0.4, -0.2) is 52.2 Å². The van der Waals surface area contributed by atoms with Gasteiger partial charge in [-0.15, -0.1) is 11.3 Å². The van der Waals surface area contributed by atoms with E-state index in [1.165, 1.54) is 24.2 Å². The Morgan fingerprint density at radius 2 is 2.14 bits per heavy atom. The van der Waals surface area contributed by atoms with Crippen molar-refractivity contribution in [2.24, 2.45) is 5.92 Å². The fraction of sp³-hybridized carbons (Fsp3) is 0.700. The van der Waals surface area contributed by atoms with Crippen LogP contribution in [0, 0.1) is 5.92 Å². The molecule has 0 spiro atoms. The monoisotopic (exact) mass is 402 g/mol. The number of amides is 1. The van der Waals surface area contributed by atoms with Crippen molar-refractivity contribution in [1.82, 2.24) is 20.0 Å². The molecule has 0 bridgehead atoms. The maximum absolute atomic E-state index is 12.9. The number of rotatable bonds is 5. The van der Waals surface area contributed by atoms with Gasteiger partial charge in [0.1, 0.15) is 5.69 Å². The summed E-state index contributed by atoms with van der Waals surface area (Å²) in [6, 6.07) is 0. The first-order chi connectivity index (χ1) is 13.7. The van der Waals surface area contributed by atoms with E-state index < -0.39 is 0 Å². The second-order valence-electron chi connectivity index (χ2n) is 8.47. The lowest BCUT2D eigenvalue weighted by Crippen LogP contribution is -2.49. The molecule has 2 saturated heterocycles. The van der Waals surface area contributed by atoms with Gasteiger partial charge >= 0.3 is 0 Å². The van der Waals surface area contributed by atoms with Crippen LogP contribution < -0.4 is 0 Å². The van der Waals surface area contributed by atoms with E-state index in [0.29, 0.717) is 18.2 Å². The third-order valence-corrected chi connectivity index (χ3v) is 6.96. The number of aromatic nitrogens is 3. The van der Waals surface area contributed by atoms with Crippen LogP contribution in [0.15, 0.2) is 15.4 Å². The van der Waals surface area contributed by atoms with Crippen LogP contribution >= 0.6 is 11.3 Å². The van der Waals surface area contributed by atoms with E-state index in [1.807, 2.05) is 10.3 Å². The number of ether oxygens (including phenoxy) is 1. The van der Waals surface area contributed by atoms with Crippen LogP contribution in [-0.2, 0) is 10.2 Å². The number of nitrogens with zero attached hydrogens (tertiary/aromatic N) is 4. The average molecular weight is 403 g/mol. The number of likely N-dealkylation sites (tertiary alicyclic amines) is 1. The smallest absolute Gasteiger partial charge is 0.273 e. The molecule has 150 valence electrons. The van der Waals surface area contributed by atoms with Gasteiger partial charge in [0.2, 0.25) is 5.89 Å². The third-order valence-electron chi connectivity index (χ3n) is 6.38. The molecule has 2 aromatic rings. The van der Waals surface area contributed by atoms with Crippen molar-refractivity contribution in [3.05, 3.63) is 28.3 Å². The minimum absolute atomic E-state index is 0.0225. The molecule has 1 amide bonds. The normalized spacial score (nSPS) is 26.5. The van der Waals surface area contributed by atoms with Gasteiger partial charge in [0, 0.05) is 37.6 Å². The van der Waals surface area contributed by atoms with Crippen molar-refractivity contribution in [2.45, 2.75) is 56.3 Å². The van der Waals surface area contributed by atoms with Crippen LogP contribution in [0.2, 0.25) is 0 Å². The molecule has 3 fully saturated rings. The Kier molecular flexibility index (Phi) is 4.92. The molecule has 1 atom stereocenters. The number of thiazole rings is 1. The molecule has 7 nitrogen and oxygen atoms in total. The van der Waals surface area contributed by atoms with Gasteiger partial charge in [-0.3, -0.25) is 4.79 Å². The van der Waals surface area contributed by atoms with Gasteiger partial charge < -0.3 is 14.2 Å². The zero-order valence-corrected chi connectivity index (χ0v) is 16.8. The summed E-state index contributed by atoms with van der Waals surface area (Å²) in [5.41, 5.74) is 2.06. The average Bonchev–Trinajstić information content (AvgIpc) is 3.20. The van der Waals surface area contributed by atoms with Crippen LogP contribution in [0.25, 0.3) is 0 Å². The Morgan fingerprint density at radius 3 is 2.89 bits per heavy atom. The zero-order chi connectivity index (χ0) is 19.0. The molecule has 28 heavy (non-hydrogen) atoms. The van der Waals surface area contributed by atoms with Crippen LogP contribution in [0.5, 0.6) is 0 Å². The number of piperidine rings is 1. The Morgan fingerprint density at radius 1 is 1.29 bits per heavy atom. The standard InChI is InChI=1S/C20H26N4O3S/c25-18(16-11-28-13-21-16)24-7-1-6-20(12-24,10-14-2-3-14)19-22-17(27-23-19)15-4-8-26-9-5-15/h11,13-15H,1-10,12H2. The van der Waals surface area contributed by atoms with E-state index in [9.17, 15) is 4.79 Å². The Balaban J connectivity index is 1.40. The van der Waals surface area contributed by atoms with Crippen molar-refractivity contribution >= 4 is 17.2 Å². The van der Waals surface area contributed by atoms with E-state index in [-0.39, 0.29) is 11.3 Å². The molecule has 3 aliphatic rings. The first kappa shape index (κ1) is 18.2. The Labute approximate surface area is 168 Å². The van der Waals surface area contributed by atoms with Crippen LogP contribution in [0.1, 0.15) is 73.1 Å². The maximum Gasteiger partial charge on any atom is 0.273 e. The van der Waals surface area contributed by atoms with Crippen LogP contribution in [0.4, 0.5) is 0 Å². The number of carbonyl (C=O) groups excluding carboxylic acids is 1. The van der Waals surface area contributed by atoms with Gasteiger partial charge in [0.15, 0.2) is 5.82 Å². The van der Waals surface area contributed by atoms with Gasteiger partial charge in [-0.25, -0.2) is 4.98 Å². The molecule has 4 heterocycles. The minimum Gasteiger partial charge on any atom is -0.381 e. The van der Waals surface area contributed by atoms with Gasteiger partial charge in [0.25, 0.3) is 5.91 Å². The van der Waals surface area contributed by atoms with Gasteiger partial charge in [-0.2, -0.15) is 4.98 Å². The van der Waals surface area contributed by atoms with E-state index in [1.54, 1.807) is 5.51 Å². The van der Waals surface area contributed by atoms with E-state index in [2.05, 4.69) is 10.1 Å². The summed E-state index contributed by atoms with van der Waals surface area (Å²) in [7, 11) is 0. The molecule has 8 heteroatoms. The molecule has 1 unspecified atom stereocenters. The van der Waals surface area contributed by atoms with Crippen molar-refractivity contribution in [3.8, 4) is 0 Å². The molecular formula is C20H26N4O3S. The zero-order valence-electron chi connectivity index (χ0n) is 16.0. The molecule has 2 aliphatic heterocycles. The summed E-state index contributed by atoms with van der Waals surface area (Å²) >= 11 is 1.46. The largest absolute Gasteiger partial charge is 0.381 e. The van der Waals surface area contributed by atoms with E-state index in [0.717, 1.165) is 69.5 Å². The van der Waals surface area contributed by atoms with Crippen molar-refractivity contribution < 1.29 is 14.1 Å². The minimum atomic E-state index is -0.196. The molecule has 2 aromatic heterocycles. The van der Waals surface area contributed by atoms with Crippen molar-refractivity contribution in [3.63, 3.8) is 0 Å².